The summed E-state index contributed by atoms with van der Waals surface area (Å²) in [5.74, 6) is -1.59. The van der Waals surface area contributed by atoms with Crippen molar-refractivity contribution in [2.24, 2.45) is 0 Å². The molecule has 0 aromatic rings. The predicted molar refractivity (Wildman–Crippen MR) is 35.9 cm³/mol. The third-order valence-electron chi connectivity index (χ3n) is 1.19. The first-order valence-electron chi connectivity index (χ1n) is 2.63. The maximum Gasteiger partial charge on any atom is 0.173 e. The van der Waals surface area contributed by atoms with Gasteiger partial charge in [0, 0.05) is 0 Å². The molecule has 0 aromatic carbocycles. The van der Waals surface area contributed by atoms with Crippen molar-refractivity contribution in [2.75, 3.05) is 0 Å². The number of hydrogen-bond donors (Lipinski definition) is 3. The van der Waals surface area contributed by atoms with Crippen molar-refractivity contribution in [3.8, 4) is 0 Å². The van der Waals surface area contributed by atoms with E-state index in [0.717, 1.165) is 0 Å². The van der Waals surface area contributed by atoms with Crippen molar-refractivity contribution in [3.63, 3.8) is 0 Å². The maximum atomic E-state index is 8.88. The normalized spacial score (nSPS) is 16.1. The zero-order valence-electron chi connectivity index (χ0n) is 5.13. The van der Waals surface area contributed by atoms with Gasteiger partial charge in [-0.3, -0.25) is 0 Å². The molecule has 50 valence electrons. The van der Waals surface area contributed by atoms with E-state index >= 15 is 0 Å². The molecule has 0 saturated carbocycles. The molecule has 0 amide bonds. The summed E-state index contributed by atoms with van der Waals surface area (Å²) in [6, 6.07) is 0. The zero-order valence-corrected chi connectivity index (χ0v) is 6.02. The minimum absolute atomic E-state index is 0.317. The Morgan fingerprint density at radius 2 is 2.00 bits per heavy atom. The van der Waals surface area contributed by atoms with Crippen LogP contribution in [0.15, 0.2) is 0 Å². The maximum absolute atomic E-state index is 8.88. The summed E-state index contributed by atoms with van der Waals surface area (Å²) in [4.78, 5) is 0. The van der Waals surface area contributed by atoms with Gasteiger partial charge in [0.1, 0.15) is 0 Å². The van der Waals surface area contributed by atoms with Crippen molar-refractivity contribution in [1.82, 2.24) is 0 Å². The van der Waals surface area contributed by atoms with Crippen LogP contribution in [0.1, 0.15) is 20.3 Å². The van der Waals surface area contributed by atoms with Crippen LogP contribution in [0.2, 0.25) is 0 Å². The lowest BCUT2D eigenvalue weighted by molar-refractivity contribution is -0.158. The van der Waals surface area contributed by atoms with Crippen LogP contribution in [0.3, 0.4) is 0 Å². The Morgan fingerprint density at radius 3 is 2.00 bits per heavy atom. The lowest BCUT2D eigenvalue weighted by atomic mass is 10.1. The summed E-state index contributed by atoms with van der Waals surface area (Å²) >= 11 is 3.86. The average Bonchev–Trinajstić information content (AvgIpc) is 1.67. The SMILES string of the molecule is CCC(O)(O)C(C)S. The zero-order chi connectivity index (χ0) is 6.78. The van der Waals surface area contributed by atoms with Gasteiger partial charge in [-0.25, -0.2) is 0 Å². The van der Waals surface area contributed by atoms with E-state index < -0.39 is 5.79 Å². The Kier molecular flexibility index (Phi) is 2.80. The van der Waals surface area contributed by atoms with Gasteiger partial charge in [-0.05, 0) is 13.3 Å². The van der Waals surface area contributed by atoms with Gasteiger partial charge in [0.15, 0.2) is 5.79 Å². The van der Waals surface area contributed by atoms with E-state index in [4.69, 9.17) is 10.2 Å². The smallest absolute Gasteiger partial charge is 0.173 e. The quantitative estimate of drug-likeness (QED) is 0.380. The molecule has 2 nitrogen and oxygen atoms in total. The minimum Gasteiger partial charge on any atom is -0.365 e. The van der Waals surface area contributed by atoms with Gasteiger partial charge in [0.2, 0.25) is 0 Å². The Labute approximate surface area is 54.9 Å². The Bertz CT molecular complexity index is 70.8. The molecule has 1 atom stereocenters. The van der Waals surface area contributed by atoms with Crippen LogP contribution in [0.5, 0.6) is 0 Å². The summed E-state index contributed by atoms with van der Waals surface area (Å²) in [6.07, 6.45) is 0.317. The van der Waals surface area contributed by atoms with Crippen molar-refractivity contribution < 1.29 is 10.2 Å². The predicted octanol–water partition coefficient (Wildman–Crippen LogP) is 0.396. The first-order valence-corrected chi connectivity index (χ1v) is 3.15. The van der Waals surface area contributed by atoms with Crippen LogP contribution in [-0.2, 0) is 0 Å². The second-order valence-corrected chi connectivity index (χ2v) is 2.68. The van der Waals surface area contributed by atoms with Crippen molar-refractivity contribution >= 4 is 12.6 Å². The lowest BCUT2D eigenvalue weighted by Gasteiger charge is -2.22. The first-order chi connectivity index (χ1) is 3.50. The summed E-state index contributed by atoms with van der Waals surface area (Å²) in [5.41, 5.74) is 0. The standard InChI is InChI=1S/C5H12O2S/c1-3-5(6,7)4(2)8/h4,6-8H,3H2,1-2H3. The van der Waals surface area contributed by atoms with Crippen molar-refractivity contribution in [3.05, 3.63) is 0 Å². The molecule has 0 saturated heterocycles. The molecule has 0 heterocycles. The summed E-state index contributed by atoms with van der Waals surface area (Å²) in [5, 5.41) is 17.4. The second kappa shape index (κ2) is 2.71. The van der Waals surface area contributed by atoms with Crippen LogP contribution >= 0.6 is 12.6 Å². The van der Waals surface area contributed by atoms with Crippen LogP contribution in [0.4, 0.5) is 0 Å². The molecule has 0 aromatic heterocycles. The number of hydrogen-bond acceptors (Lipinski definition) is 3. The molecule has 0 aliphatic heterocycles. The fourth-order valence-corrected chi connectivity index (χ4v) is 0.478. The third-order valence-corrected chi connectivity index (χ3v) is 1.60. The van der Waals surface area contributed by atoms with E-state index in [-0.39, 0.29) is 5.25 Å². The van der Waals surface area contributed by atoms with E-state index in [1.807, 2.05) is 0 Å². The summed E-state index contributed by atoms with van der Waals surface area (Å²) in [6.45, 7) is 3.35. The molecule has 0 spiro atoms. The highest BCUT2D eigenvalue weighted by Crippen LogP contribution is 2.14. The number of aliphatic hydroxyl groups is 2. The van der Waals surface area contributed by atoms with Gasteiger partial charge in [-0.1, -0.05) is 6.92 Å². The Hall–Kier alpha value is 0.270. The van der Waals surface area contributed by atoms with E-state index in [2.05, 4.69) is 12.6 Å². The highest BCUT2D eigenvalue weighted by molar-refractivity contribution is 7.81. The largest absolute Gasteiger partial charge is 0.365 e. The molecule has 0 aliphatic carbocycles. The van der Waals surface area contributed by atoms with Crippen molar-refractivity contribution in [2.45, 2.75) is 31.3 Å². The van der Waals surface area contributed by atoms with Crippen LogP contribution in [0.25, 0.3) is 0 Å². The molecule has 0 bridgehead atoms. The van der Waals surface area contributed by atoms with Gasteiger partial charge in [0.25, 0.3) is 0 Å². The highest BCUT2D eigenvalue weighted by Gasteiger charge is 2.24. The molecule has 0 fully saturated rings. The first kappa shape index (κ1) is 8.27. The molecule has 0 rings (SSSR count). The topological polar surface area (TPSA) is 40.5 Å². The Balaban J connectivity index is 3.71. The van der Waals surface area contributed by atoms with Gasteiger partial charge in [-0.2, -0.15) is 12.6 Å². The van der Waals surface area contributed by atoms with Crippen LogP contribution in [0, 0.1) is 0 Å². The van der Waals surface area contributed by atoms with E-state index in [9.17, 15) is 0 Å². The van der Waals surface area contributed by atoms with Gasteiger partial charge < -0.3 is 10.2 Å². The van der Waals surface area contributed by atoms with E-state index in [1.165, 1.54) is 0 Å². The van der Waals surface area contributed by atoms with Crippen LogP contribution in [-0.4, -0.2) is 21.3 Å². The average molecular weight is 136 g/mol. The fraction of sp³-hybridized carbons (Fsp3) is 1.00. The molecular formula is C5H12O2S. The van der Waals surface area contributed by atoms with Crippen LogP contribution < -0.4 is 0 Å². The van der Waals surface area contributed by atoms with Crippen molar-refractivity contribution in [1.29, 1.82) is 0 Å². The van der Waals surface area contributed by atoms with Gasteiger partial charge in [-0.15, -0.1) is 0 Å². The molecule has 3 heteroatoms. The molecule has 8 heavy (non-hydrogen) atoms. The van der Waals surface area contributed by atoms with E-state index in [1.54, 1.807) is 13.8 Å². The molecular weight excluding hydrogens is 124 g/mol. The lowest BCUT2D eigenvalue weighted by Crippen LogP contribution is -2.35. The molecule has 0 radical (unpaired) electrons. The third kappa shape index (κ3) is 2.03. The molecule has 0 aliphatic rings. The number of rotatable bonds is 2. The second-order valence-electron chi connectivity index (χ2n) is 1.91. The fourth-order valence-electron chi connectivity index (χ4n) is 0.295. The summed E-state index contributed by atoms with van der Waals surface area (Å²) in [7, 11) is 0. The van der Waals surface area contributed by atoms with E-state index in [0.29, 0.717) is 6.42 Å². The molecule has 1 unspecified atom stereocenters. The Morgan fingerprint density at radius 1 is 1.62 bits per heavy atom. The minimum atomic E-state index is -1.59. The molecule has 2 N–H and O–H groups in total. The number of thiol groups is 1. The van der Waals surface area contributed by atoms with Gasteiger partial charge in [0.05, 0.1) is 5.25 Å². The summed E-state index contributed by atoms with van der Waals surface area (Å²) < 4.78 is 0. The van der Waals surface area contributed by atoms with Gasteiger partial charge >= 0.3 is 0 Å². The highest BCUT2D eigenvalue weighted by atomic mass is 32.1. The monoisotopic (exact) mass is 136 g/mol.